The molecule has 0 aromatic heterocycles. The van der Waals surface area contributed by atoms with Gasteiger partial charge in [-0.2, -0.15) is 0 Å². The topological polar surface area (TPSA) is 29.1 Å². The molecule has 1 amide bonds. The monoisotopic (exact) mass is 219 g/mol. The van der Waals surface area contributed by atoms with Crippen molar-refractivity contribution in [1.82, 2.24) is 5.32 Å². The van der Waals surface area contributed by atoms with Gasteiger partial charge in [-0.25, -0.2) is 0 Å². The van der Waals surface area contributed by atoms with Gasteiger partial charge in [0.2, 0.25) is 0 Å². The molecule has 1 heterocycles. The average Bonchev–Trinajstić information content (AvgIpc) is 2.32. The van der Waals surface area contributed by atoms with Crippen LogP contribution in [0.2, 0.25) is 0 Å². The average molecular weight is 219 g/mol. The highest BCUT2D eigenvalue weighted by Gasteiger charge is 2.16. The molecule has 0 fully saturated rings. The van der Waals surface area contributed by atoms with E-state index in [0.717, 1.165) is 18.5 Å². The minimum atomic E-state index is 0.0775. The Kier molecular flexibility index (Phi) is 4.53. The zero-order valence-electron chi connectivity index (χ0n) is 10.6. The highest BCUT2D eigenvalue weighted by Crippen LogP contribution is 2.20. The Bertz CT molecular complexity index is 369. The molecule has 0 radical (unpaired) electrons. The summed E-state index contributed by atoms with van der Waals surface area (Å²) in [5.74, 6) is 0.559. The summed E-state index contributed by atoms with van der Waals surface area (Å²) in [6, 6.07) is 6.24. The molecule has 0 atom stereocenters. The number of carbonyl (C=O) groups is 1. The zero-order chi connectivity index (χ0) is 12.1. The standard InChI is InChI=1S/C12H15NO.C2H6/c1-8(2)10-4-3-9-5-6-13-12(14)11(9)7-10;1-2/h3-4,7-8H,5-6H2,1-2H3,(H,13,14);1-2H3. The zero-order valence-corrected chi connectivity index (χ0v) is 10.6. The number of amides is 1. The fourth-order valence-corrected chi connectivity index (χ4v) is 1.79. The lowest BCUT2D eigenvalue weighted by molar-refractivity contribution is 0.0946. The number of hydrogen-bond donors (Lipinski definition) is 1. The van der Waals surface area contributed by atoms with Gasteiger partial charge < -0.3 is 5.32 Å². The molecule has 0 saturated carbocycles. The van der Waals surface area contributed by atoms with Gasteiger partial charge in [-0.15, -0.1) is 0 Å². The molecule has 0 unspecified atom stereocenters. The van der Waals surface area contributed by atoms with Crippen LogP contribution in [0.15, 0.2) is 18.2 Å². The Morgan fingerprint density at radius 2 is 1.94 bits per heavy atom. The van der Waals surface area contributed by atoms with Crippen molar-refractivity contribution >= 4 is 5.91 Å². The van der Waals surface area contributed by atoms with Gasteiger partial charge in [0.25, 0.3) is 5.91 Å². The van der Waals surface area contributed by atoms with Gasteiger partial charge in [0, 0.05) is 12.1 Å². The highest BCUT2D eigenvalue weighted by molar-refractivity contribution is 5.96. The Morgan fingerprint density at radius 1 is 1.25 bits per heavy atom. The second-order valence-corrected chi connectivity index (χ2v) is 4.08. The lowest BCUT2D eigenvalue weighted by Crippen LogP contribution is -2.31. The summed E-state index contributed by atoms with van der Waals surface area (Å²) in [4.78, 5) is 11.5. The Balaban J connectivity index is 0.000000606. The van der Waals surface area contributed by atoms with Crippen LogP contribution < -0.4 is 5.32 Å². The lowest BCUT2D eigenvalue weighted by Gasteiger charge is -2.18. The van der Waals surface area contributed by atoms with Crippen LogP contribution in [-0.2, 0) is 6.42 Å². The van der Waals surface area contributed by atoms with Gasteiger partial charge in [0.1, 0.15) is 0 Å². The van der Waals surface area contributed by atoms with Gasteiger partial charge in [-0.3, -0.25) is 4.79 Å². The summed E-state index contributed by atoms with van der Waals surface area (Å²) in [7, 11) is 0. The molecule has 1 aromatic rings. The largest absolute Gasteiger partial charge is 0.352 e. The molecule has 2 heteroatoms. The van der Waals surface area contributed by atoms with E-state index in [1.807, 2.05) is 19.9 Å². The van der Waals surface area contributed by atoms with E-state index < -0.39 is 0 Å². The maximum atomic E-state index is 11.5. The highest BCUT2D eigenvalue weighted by atomic mass is 16.1. The van der Waals surface area contributed by atoms with Crippen molar-refractivity contribution in [3.05, 3.63) is 34.9 Å². The minimum Gasteiger partial charge on any atom is -0.352 e. The van der Waals surface area contributed by atoms with Crippen LogP contribution in [0, 0.1) is 0 Å². The third-order valence-corrected chi connectivity index (χ3v) is 2.73. The summed E-state index contributed by atoms with van der Waals surface area (Å²) in [6.07, 6.45) is 0.958. The number of fused-ring (bicyclic) bond motifs is 1. The summed E-state index contributed by atoms with van der Waals surface area (Å²) >= 11 is 0. The summed E-state index contributed by atoms with van der Waals surface area (Å²) in [5.41, 5.74) is 3.28. The van der Waals surface area contributed by atoms with E-state index in [4.69, 9.17) is 0 Å². The van der Waals surface area contributed by atoms with E-state index in [1.165, 1.54) is 11.1 Å². The van der Waals surface area contributed by atoms with Crippen LogP contribution in [0.4, 0.5) is 0 Å². The van der Waals surface area contributed by atoms with Crippen molar-refractivity contribution in [2.24, 2.45) is 0 Å². The molecule has 0 aliphatic carbocycles. The maximum Gasteiger partial charge on any atom is 0.251 e. The Morgan fingerprint density at radius 3 is 2.56 bits per heavy atom. The molecular formula is C14H21NO. The van der Waals surface area contributed by atoms with Crippen LogP contribution in [0.1, 0.15) is 55.1 Å². The number of nitrogens with one attached hydrogen (secondary N) is 1. The first kappa shape index (κ1) is 12.8. The summed E-state index contributed by atoms with van der Waals surface area (Å²) in [5, 5.41) is 2.87. The smallest absolute Gasteiger partial charge is 0.251 e. The fourth-order valence-electron chi connectivity index (χ4n) is 1.79. The normalized spacial score (nSPS) is 13.7. The van der Waals surface area contributed by atoms with E-state index in [-0.39, 0.29) is 5.91 Å². The Hall–Kier alpha value is -1.31. The van der Waals surface area contributed by atoms with E-state index in [1.54, 1.807) is 0 Å². The molecule has 0 spiro atoms. The van der Waals surface area contributed by atoms with Crippen molar-refractivity contribution in [1.29, 1.82) is 0 Å². The van der Waals surface area contributed by atoms with E-state index in [2.05, 4.69) is 31.3 Å². The molecule has 0 bridgehead atoms. The van der Waals surface area contributed by atoms with Gasteiger partial charge in [0.05, 0.1) is 0 Å². The quantitative estimate of drug-likeness (QED) is 0.772. The maximum absolute atomic E-state index is 11.5. The predicted molar refractivity (Wildman–Crippen MR) is 67.9 cm³/mol. The Labute approximate surface area is 98.1 Å². The molecule has 1 aromatic carbocycles. The molecule has 16 heavy (non-hydrogen) atoms. The molecule has 1 aliphatic rings. The van der Waals surface area contributed by atoms with Crippen molar-refractivity contribution in [3.8, 4) is 0 Å². The first-order valence-electron chi connectivity index (χ1n) is 6.09. The number of benzene rings is 1. The van der Waals surface area contributed by atoms with Crippen LogP contribution >= 0.6 is 0 Å². The third kappa shape index (κ3) is 2.63. The van der Waals surface area contributed by atoms with Crippen molar-refractivity contribution in [2.45, 2.75) is 40.0 Å². The first-order chi connectivity index (χ1) is 7.68. The number of carbonyl (C=O) groups excluding carboxylic acids is 1. The fraction of sp³-hybridized carbons (Fsp3) is 0.500. The van der Waals surface area contributed by atoms with Crippen LogP contribution in [0.3, 0.4) is 0 Å². The van der Waals surface area contributed by atoms with Gasteiger partial charge >= 0.3 is 0 Å². The van der Waals surface area contributed by atoms with E-state index in [9.17, 15) is 4.79 Å². The lowest BCUT2D eigenvalue weighted by atomic mass is 9.94. The second-order valence-electron chi connectivity index (χ2n) is 4.08. The first-order valence-corrected chi connectivity index (χ1v) is 6.09. The van der Waals surface area contributed by atoms with Crippen LogP contribution in [0.25, 0.3) is 0 Å². The van der Waals surface area contributed by atoms with E-state index >= 15 is 0 Å². The molecule has 0 saturated heterocycles. The summed E-state index contributed by atoms with van der Waals surface area (Å²) < 4.78 is 0. The van der Waals surface area contributed by atoms with Crippen LogP contribution in [0.5, 0.6) is 0 Å². The minimum absolute atomic E-state index is 0.0775. The molecule has 88 valence electrons. The number of hydrogen-bond acceptors (Lipinski definition) is 1. The molecule has 1 N–H and O–H groups in total. The van der Waals surface area contributed by atoms with Gasteiger partial charge in [-0.05, 0) is 29.5 Å². The molecule has 2 nitrogen and oxygen atoms in total. The molecule has 2 rings (SSSR count). The van der Waals surface area contributed by atoms with Crippen LogP contribution in [-0.4, -0.2) is 12.5 Å². The summed E-state index contributed by atoms with van der Waals surface area (Å²) in [6.45, 7) is 9.05. The number of rotatable bonds is 1. The second kappa shape index (κ2) is 5.69. The van der Waals surface area contributed by atoms with Crippen molar-refractivity contribution in [3.63, 3.8) is 0 Å². The third-order valence-electron chi connectivity index (χ3n) is 2.73. The SMILES string of the molecule is CC.CC(C)c1ccc2c(c1)C(=O)NCC2. The van der Waals surface area contributed by atoms with Crippen molar-refractivity contribution in [2.75, 3.05) is 6.54 Å². The molecule has 1 aliphatic heterocycles. The predicted octanol–water partition coefficient (Wildman–Crippen LogP) is 3.12. The van der Waals surface area contributed by atoms with Gasteiger partial charge in [0.15, 0.2) is 0 Å². The van der Waals surface area contributed by atoms with E-state index in [0.29, 0.717) is 5.92 Å². The van der Waals surface area contributed by atoms with Gasteiger partial charge in [-0.1, -0.05) is 39.8 Å². The molecular weight excluding hydrogens is 198 g/mol. The van der Waals surface area contributed by atoms with Crippen molar-refractivity contribution < 1.29 is 4.79 Å².